The zero-order valence-electron chi connectivity index (χ0n) is 11.0. The molecule has 2 rings (SSSR count). The Kier molecular flexibility index (Phi) is 5.10. The Balaban J connectivity index is 2.07. The number of aliphatic hydroxyl groups is 1. The van der Waals surface area contributed by atoms with Crippen LogP contribution in [0.2, 0.25) is 0 Å². The van der Waals surface area contributed by atoms with Crippen LogP contribution in [-0.2, 0) is 9.53 Å². The maximum absolute atomic E-state index is 13.5. The molecular formula is C15H16FNO3. The maximum Gasteiger partial charge on any atom is 0.253 e. The summed E-state index contributed by atoms with van der Waals surface area (Å²) in [7, 11) is 0. The van der Waals surface area contributed by atoms with Crippen LogP contribution in [0.5, 0.6) is 0 Å². The van der Waals surface area contributed by atoms with Gasteiger partial charge in [-0.15, -0.1) is 0 Å². The molecule has 5 heteroatoms. The second kappa shape index (κ2) is 7.04. The number of anilines is 1. The Morgan fingerprint density at radius 3 is 3.10 bits per heavy atom. The third-order valence-corrected chi connectivity index (χ3v) is 2.92. The summed E-state index contributed by atoms with van der Waals surface area (Å²) in [6.45, 7) is 0.531. The SMILES string of the molecule is O=C(Nc1ccc(F)c(C#CCCO)c1)C1CCCO1. The van der Waals surface area contributed by atoms with Crippen molar-refractivity contribution in [3.8, 4) is 11.8 Å². The molecule has 1 fully saturated rings. The van der Waals surface area contributed by atoms with E-state index in [-0.39, 0.29) is 24.5 Å². The van der Waals surface area contributed by atoms with Gasteiger partial charge in [-0.05, 0) is 31.0 Å². The minimum absolute atomic E-state index is 0.0654. The summed E-state index contributed by atoms with van der Waals surface area (Å²) in [4.78, 5) is 11.9. The first kappa shape index (κ1) is 14.5. The van der Waals surface area contributed by atoms with Crippen LogP contribution in [0, 0.1) is 17.7 Å². The first-order valence-electron chi connectivity index (χ1n) is 6.52. The molecule has 0 spiro atoms. The molecule has 1 aliphatic heterocycles. The first-order chi connectivity index (χ1) is 9.70. The number of hydrogen-bond donors (Lipinski definition) is 2. The summed E-state index contributed by atoms with van der Waals surface area (Å²) in [5.41, 5.74) is 0.684. The summed E-state index contributed by atoms with van der Waals surface area (Å²) < 4.78 is 18.8. The largest absolute Gasteiger partial charge is 0.395 e. The number of halogens is 1. The van der Waals surface area contributed by atoms with Gasteiger partial charge < -0.3 is 15.2 Å². The van der Waals surface area contributed by atoms with E-state index < -0.39 is 11.9 Å². The molecule has 1 heterocycles. The first-order valence-corrected chi connectivity index (χ1v) is 6.52. The van der Waals surface area contributed by atoms with Crippen LogP contribution in [0.15, 0.2) is 18.2 Å². The predicted molar refractivity (Wildman–Crippen MR) is 72.6 cm³/mol. The zero-order chi connectivity index (χ0) is 14.4. The fraction of sp³-hybridized carbons (Fsp3) is 0.400. The summed E-state index contributed by atoms with van der Waals surface area (Å²) in [5, 5.41) is 11.3. The summed E-state index contributed by atoms with van der Waals surface area (Å²) in [6, 6.07) is 4.22. The molecule has 1 amide bonds. The van der Waals surface area contributed by atoms with Crippen LogP contribution in [-0.4, -0.2) is 30.3 Å². The highest BCUT2D eigenvalue weighted by Crippen LogP contribution is 2.17. The summed E-state index contributed by atoms with van der Waals surface area (Å²) in [6.07, 6.45) is 1.44. The van der Waals surface area contributed by atoms with Crippen molar-refractivity contribution >= 4 is 11.6 Å². The van der Waals surface area contributed by atoms with Gasteiger partial charge in [-0.3, -0.25) is 4.79 Å². The predicted octanol–water partition coefficient (Wildman–Crippen LogP) is 1.68. The quantitative estimate of drug-likeness (QED) is 0.826. The van der Waals surface area contributed by atoms with Crippen molar-refractivity contribution in [2.75, 3.05) is 18.5 Å². The van der Waals surface area contributed by atoms with E-state index >= 15 is 0 Å². The van der Waals surface area contributed by atoms with Crippen LogP contribution >= 0.6 is 0 Å². The number of carbonyl (C=O) groups excluding carboxylic acids is 1. The van der Waals surface area contributed by atoms with Crippen molar-refractivity contribution in [3.63, 3.8) is 0 Å². The molecular weight excluding hydrogens is 261 g/mol. The number of rotatable bonds is 3. The molecule has 106 valence electrons. The van der Waals surface area contributed by atoms with Gasteiger partial charge in [0.2, 0.25) is 0 Å². The maximum atomic E-state index is 13.5. The van der Waals surface area contributed by atoms with Crippen molar-refractivity contribution in [2.45, 2.75) is 25.4 Å². The second-order valence-electron chi connectivity index (χ2n) is 4.46. The Labute approximate surface area is 116 Å². The second-order valence-corrected chi connectivity index (χ2v) is 4.46. The van der Waals surface area contributed by atoms with Gasteiger partial charge in [0.15, 0.2) is 0 Å². The third kappa shape index (κ3) is 3.80. The Morgan fingerprint density at radius 1 is 1.55 bits per heavy atom. The molecule has 1 aromatic rings. The molecule has 0 bridgehead atoms. The standard InChI is InChI=1S/C15H16FNO3/c16-13-7-6-12(10-11(13)4-1-2-8-18)17-15(19)14-5-3-9-20-14/h6-7,10,14,18H,2-3,5,8-9H2,(H,17,19). The lowest BCUT2D eigenvalue weighted by Gasteiger charge is -2.10. The molecule has 1 saturated heterocycles. The van der Waals surface area contributed by atoms with Crippen molar-refractivity contribution in [1.82, 2.24) is 0 Å². The summed E-state index contributed by atoms with van der Waals surface area (Å²) in [5.74, 6) is 4.61. The van der Waals surface area contributed by atoms with Gasteiger partial charge in [-0.2, -0.15) is 0 Å². The normalized spacial score (nSPS) is 17.4. The van der Waals surface area contributed by atoms with Gasteiger partial charge >= 0.3 is 0 Å². The lowest BCUT2D eigenvalue weighted by molar-refractivity contribution is -0.124. The highest BCUT2D eigenvalue weighted by Gasteiger charge is 2.23. The number of nitrogens with one attached hydrogen (secondary N) is 1. The van der Waals surface area contributed by atoms with Crippen LogP contribution in [0.25, 0.3) is 0 Å². The van der Waals surface area contributed by atoms with E-state index in [1.165, 1.54) is 18.2 Å². The molecule has 1 atom stereocenters. The molecule has 0 aromatic heterocycles. The fourth-order valence-electron chi connectivity index (χ4n) is 1.92. The molecule has 1 aliphatic rings. The van der Waals surface area contributed by atoms with Gasteiger partial charge in [0, 0.05) is 18.7 Å². The Bertz CT molecular complexity index is 542. The minimum atomic E-state index is -0.453. The van der Waals surface area contributed by atoms with E-state index in [1.807, 2.05) is 0 Å². The lowest BCUT2D eigenvalue weighted by Crippen LogP contribution is -2.26. The van der Waals surface area contributed by atoms with E-state index in [1.54, 1.807) is 0 Å². The molecule has 0 radical (unpaired) electrons. The van der Waals surface area contributed by atoms with Crippen molar-refractivity contribution in [3.05, 3.63) is 29.6 Å². The fourth-order valence-corrected chi connectivity index (χ4v) is 1.92. The van der Waals surface area contributed by atoms with Crippen molar-refractivity contribution in [2.24, 2.45) is 0 Å². The number of ether oxygens (including phenoxy) is 1. The zero-order valence-corrected chi connectivity index (χ0v) is 11.0. The van der Waals surface area contributed by atoms with E-state index in [0.29, 0.717) is 18.7 Å². The average molecular weight is 277 g/mol. The monoisotopic (exact) mass is 277 g/mol. The van der Waals surface area contributed by atoms with Gasteiger partial charge in [0.05, 0.1) is 12.2 Å². The van der Waals surface area contributed by atoms with Gasteiger partial charge in [0.25, 0.3) is 5.91 Å². The average Bonchev–Trinajstić information content (AvgIpc) is 2.96. The molecule has 1 aromatic carbocycles. The van der Waals surface area contributed by atoms with Crippen LogP contribution in [0.1, 0.15) is 24.8 Å². The highest BCUT2D eigenvalue weighted by atomic mass is 19.1. The molecule has 20 heavy (non-hydrogen) atoms. The third-order valence-electron chi connectivity index (χ3n) is 2.92. The lowest BCUT2D eigenvalue weighted by atomic mass is 10.1. The number of aliphatic hydroxyl groups excluding tert-OH is 1. The molecule has 4 nitrogen and oxygen atoms in total. The number of amides is 1. The van der Waals surface area contributed by atoms with E-state index in [9.17, 15) is 9.18 Å². The summed E-state index contributed by atoms with van der Waals surface area (Å²) >= 11 is 0. The molecule has 0 saturated carbocycles. The van der Waals surface area contributed by atoms with Crippen LogP contribution in [0.3, 0.4) is 0 Å². The van der Waals surface area contributed by atoms with E-state index in [4.69, 9.17) is 9.84 Å². The van der Waals surface area contributed by atoms with Crippen LogP contribution < -0.4 is 5.32 Å². The topological polar surface area (TPSA) is 58.6 Å². The number of benzene rings is 1. The van der Waals surface area contributed by atoms with E-state index in [2.05, 4.69) is 17.2 Å². The smallest absolute Gasteiger partial charge is 0.253 e. The molecule has 0 aliphatic carbocycles. The highest BCUT2D eigenvalue weighted by molar-refractivity contribution is 5.94. The van der Waals surface area contributed by atoms with Crippen LogP contribution in [0.4, 0.5) is 10.1 Å². The van der Waals surface area contributed by atoms with Crippen molar-refractivity contribution < 1.29 is 19.0 Å². The number of hydrogen-bond acceptors (Lipinski definition) is 3. The molecule has 1 unspecified atom stereocenters. The minimum Gasteiger partial charge on any atom is -0.395 e. The van der Waals surface area contributed by atoms with Gasteiger partial charge in [-0.1, -0.05) is 11.8 Å². The molecule has 2 N–H and O–H groups in total. The van der Waals surface area contributed by atoms with Gasteiger partial charge in [0.1, 0.15) is 11.9 Å². The van der Waals surface area contributed by atoms with Crippen molar-refractivity contribution in [1.29, 1.82) is 0 Å². The number of carbonyl (C=O) groups is 1. The van der Waals surface area contributed by atoms with E-state index in [0.717, 1.165) is 6.42 Å². The Morgan fingerprint density at radius 2 is 2.40 bits per heavy atom. The van der Waals surface area contributed by atoms with Gasteiger partial charge in [-0.25, -0.2) is 4.39 Å². The Hall–Kier alpha value is -1.90.